The summed E-state index contributed by atoms with van der Waals surface area (Å²) in [5.74, 6) is 0. The summed E-state index contributed by atoms with van der Waals surface area (Å²) in [6.07, 6.45) is 4.35. The Hall–Kier alpha value is -0.0800. The van der Waals surface area contributed by atoms with Gasteiger partial charge in [0.2, 0.25) is 0 Å². The number of rotatable bonds is 7. The van der Waals surface area contributed by atoms with Crippen molar-refractivity contribution in [2.45, 2.75) is 39.5 Å². The van der Waals surface area contributed by atoms with Crippen LogP contribution < -0.4 is 0 Å². The van der Waals surface area contributed by atoms with Gasteiger partial charge in [0, 0.05) is 12.5 Å². The van der Waals surface area contributed by atoms with E-state index >= 15 is 0 Å². The molecule has 0 aromatic rings. The minimum absolute atomic E-state index is 0.0260. The Morgan fingerprint density at radius 1 is 1.17 bits per heavy atom. The Kier molecular flexibility index (Phi) is 6.39. The second-order valence-electron chi connectivity index (χ2n) is 3.59. The summed E-state index contributed by atoms with van der Waals surface area (Å²) >= 11 is 0. The first-order valence-electron chi connectivity index (χ1n) is 4.84. The van der Waals surface area contributed by atoms with E-state index in [0.29, 0.717) is 6.61 Å². The van der Waals surface area contributed by atoms with Crippen molar-refractivity contribution in [2.75, 3.05) is 20.3 Å². The third-order valence-electron chi connectivity index (χ3n) is 2.35. The van der Waals surface area contributed by atoms with Crippen LogP contribution in [0, 0.1) is 5.41 Å². The Labute approximate surface area is 75.9 Å². The molecule has 0 unspecified atom stereocenters. The first kappa shape index (κ1) is 11.9. The molecule has 0 heterocycles. The van der Waals surface area contributed by atoms with Crippen LogP contribution >= 0.6 is 0 Å². The van der Waals surface area contributed by atoms with Crippen molar-refractivity contribution >= 4 is 0 Å². The number of ether oxygens (including phenoxy) is 1. The van der Waals surface area contributed by atoms with Crippen LogP contribution in [0.25, 0.3) is 0 Å². The van der Waals surface area contributed by atoms with Gasteiger partial charge in [0.05, 0.1) is 13.2 Å². The second-order valence-corrected chi connectivity index (χ2v) is 3.59. The first-order chi connectivity index (χ1) is 5.74. The van der Waals surface area contributed by atoms with E-state index in [1.54, 1.807) is 7.11 Å². The maximum Gasteiger partial charge on any atom is 0.0540 e. The predicted molar refractivity (Wildman–Crippen MR) is 51.2 cm³/mol. The molecule has 12 heavy (non-hydrogen) atoms. The SMILES string of the molecule is CCCC(CO)(CCC)COC. The van der Waals surface area contributed by atoms with Crippen LogP contribution in [0.2, 0.25) is 0 Å². The van der Waals surface area contributed by atoms with E-state index in [1.807, 2.05) is 0 Å². The average Bonchev–Trinajstić information content (AvgIpc) is 2.06. The van der Waals surface area contributed by atoms with Crippen molar-refractivity contribution in [3.8, 4) is 0 Å². The molecule has 0 aliphatic rings. The van der Waals surface area contributed by atoms with E-state index in [1.165, 1.54) is 0 Å². The van der Waals surface area contributed by atoms with Gasteiger partial charge in [-0.1, -0.05) is 26.7 Å². The molecule has 0 saturated carbocycles. The van der Waals surface area contributed by atoms with Crippen molar-refractivity contribution in [2.24, 2.45) is 5.41 Å². The summed E-state index contributed by atoms with van der Waals surface area (Å²) in [7, 11) is 1.70. The lowest BCUT2D eigenvalue weighted by Crippen LogP contribution is -2.30. The lowest BCUT2D eigenvalue weighted by molar-refractivity contribution is 0.0156. The monoisotopic (exact) mass is 174 g/mol. The molecule has 0 rings (SSSR count). The van der Waals surface area contributed by atoms with Gasteiger partial charge in [-0.15, -0.1) is 0 Å². The highest BCUT2D eigenvalue weighted by molar-refractivity contribution is 4.77. The zero-order chi connectivity index (χ0) is 9.45. The highest BCUT2D eigenvalue weighted by atomic mass is 16.5. The van der Waals surface area contributed by atoms with Crippen LogP contribution in [0.5, 0.6) is 0 Å². The van der Waals surface area contributed by atoms with Crippen LogP contribution in [0.1, 0.15) is 39.5 Å². The Morgan fingerprint density at radius 2 is 1.67 bits per heavy atom. The van der Waals surface area contributed by atoms with Gasteiger partial charge in [-0.2, -0.15) is 0 Å². The normalized spacial score (nSPS) is 12.0. The maximum atomic E-state index is 9.29. The molecule has 0 aromatic heterocycles. The Bertz CT molecular complexity index is 85.0. The molecule has 1 N–H and O–H groups in total. The molecule has 0 amide bonds. The zero-order valence-electron chi connectivity index (χ0n) is 8.60. The smallest absolute Gasteiger partial charge is 0.0540 e. The van der Waals surface area contributed by atoms with Crippen molar-refractivity contribution < 1.29 is 9.84 Å². The van der Waals surface area contributed by atoms with Gasteiger partial charge in [0.15, 0.2) is 0 Å². The topological polar surface area (TPSA) is 29.5 Å². The summed E-state index contributed by atoms with van der Waals surface area (Å²) in [6.45, 7) is 5.24. The van der Waals surface area contributed by atoms with Gasteiger partial charge in [-0.25, -0.2) is 0 Å². The summed E-state index contributed by atoms with van der Waals surface area (Å²) in [5.41, 5.74) is 0.0260. The lowest BCUT2D eigenvalue weighted by atomic mass is 9.81. The molecule has 0 aliphatic heterocycles. The maximum absolute atomic E-state index is 9.29. The molecule has 0 saturated heterocycles. The van der Waals surface area contributed by atoms with Gasteiger partial charge >= 0.3 is 0 Å². The highest BCUT2D eigenvalue weighted by Gasteiger charge is 2.27. The molecular formula is C10H22O2. The van der Waals surface area contributed by atoms with Gasteiger partial charge in [-0.3, -0.25) is 0 Å². The van der Waals surface area contributed by atoms with E-state index in [-0.39, 0.29) is 12.0 Å². The molecule has 0 fully saturated rings. The number of aliphatic hydroxyl groups excluding tert-OH is 1. The van der Waals surface area contributed by atoms with Crippen LogP contribution in [0.3, 0.4) is 0 Å². The molecule has 2 heteroatoms. The third-order valence-corrected chi connectivity index (χ3v) is 2.35. The minimum Gasteiger partial charge on any atom is -0.396 e. The molecule has 0 radical (unpaired) electrons. The summed E-state index contributed by atoms with van der Waals surface area (Å²) < 4.78 is 5.14. The first-order valence-corrected chi connectivity index (χ1v) is 4.84. The van der Waals surface area contributed by atoms with Crippen molar-refractivity contribution in [3.63, 3.8) is 0 Å². The molecule has 74 valence electrons. The van der Waals surface area contributed by atoms with Crippen molar-refractivity contribution in [1.29, 1.82) is 0 Å². The highest BCUT2D eigenvalue weighted by Crippen LogP contribution is 2.29. The Morgan fingerprint density at radius 3 is 1.92 bits per heavy atom. The van der Waals surface area contributed by atoms with E-state index in [2.05, 4.69) is 13.8 Å². The van der Waals surface area contributed by atoms with Gasteiger partial charge in [0.1, 0.15) is 0 Å². The standard InChI is InChI=1S/C10H22O2/c1-4-6-10(8-11,7-5-2)9-12-3/h11H,4-9H2,1-3H3. The molecule has 0 aromatic carbocycles. The van der Waals surface area contributed by atoms with Gasteiger partial charge in [0.25, 0.3) is 0 Å². The van der Waals surface area contributed by atoms with Crippen LogP contribution in [0.15, 0.2) is 0 Å². The van der Waals surface area contributed by atoms with E-state index in [4.69, 9.17) is 4.74 Å². The zero-order valence-corrected chi connectivity index (χ0v) is 8.60. The molecule has 2 nitrogen and oxygen atoms in total. The summed E-state index contributed by atoms with van der Waals surface area (Å²) in [4.78, 5) is 0. The third kappa shape index (κ3) is 3.55. The van der Waals surface area contributed by atoms with Gasteiger partial charge in [-0.05, 0) is 12.8 Å². The molecule has 0 bridgehead atoms. The van der Waals surface area contributed by atoms with Crippen LogP contribution in [-0.2, 0) is 4.74 Å². The van der Waals surface area contributed by atoms with E-state index in [0.717, 1.165) is 25.7 Å². The van der Waals surface area contributed by atoms with Crippen LogP contribution in [-0.4, -0.2) is 25.4 Å². The molecular weight excluding hydrogens is 152 g/mol. The minimum atomic E-state index is 0.0260. The van der Waals surface area contributed by atoms with Gasteiger partial charge < -0.3 is 9.84 Å². The summed E-state index contributed by atoms with van der Waals surface area (Å²) in [6, 6.07) is 0. The number of methoxy groups -OCH3 is 1. The number of hydrogen-bond acceptors (Lipinski definition) is 2. The van der Waals surface area contributed by atoms with E-state index in [9.17, 15) is 5.11 Å². The molecule has 0 atom stereocenters. The second kappa shape index (κ2) is 6.44. The van der Waals surface area contributed by atoms with E-state index < -0.39 is 0 Å². The Balaban J connectivity index is 4.06. The average molecular weight is 174 g/mol. The lowest BCUT2D eigenvalue weighted by Gasteiger charge is -2.30. The molecule has 0 spiro atoms. The predicted octanol–water partition coefficient (Wildman–Crippen LogP) is 2.21. The largest absolute Gasteiger partial charge is 0.396 e. The fourth-order valence-electron chi connectivity index (χ4n) is 1.84. The number of aliphatic hydroxyl groups is 1. The van der Waals surface area contributed by atoms with Crippen molar-refractivity contribution in [1.82, 2.24) is 0 Å². The number of hydrogen-bond donors (Lipinski definition) is 1. The van der Waals surface area contributed by atoms with Crippen LogP contribution in [0.4, 0.5) is 0 Å². The summed E-state index contributed by atoms with van der Waals surface area (Å²) in [5, 5.41) is 9.29. The fraction of sp³-hybridized carbons (Fsp3) is 1.00. The molecule has 0 aliphatic carbocycles. The quantitative estimate of drug-likeness (QED) is 0.641. The van der Waals surface area contributed by atoms with Crippen molar-refractivity contribution in [3.05, 3.63) is 0 Å². The fourth-order valence-corrected chi connectivity index (χ4v) is 1.84.